The maximum absolute atomic E-state index is 12.7. The van der Waals surface area contributed by atoms with Gasteiger partial charge in [0.15, 0.2) is 0 Å². The zero-order chi connectivity index (χ0) is 20.4. The van der Waals surface area contributed by atoms with E-state index in [1.165, 1.54) is 35.2 Å². The first kappa shape index (κ1) is 19.5. The van der Waals surface area contributed by atoms with Crippen LogP contribution < -0.4 is 0 Å². The third-order valence-corrected chi connectivity index (χ3v) is 4.93. The third kappa shape index (κ3) is 3.46. The molecule has 2 aromatic carbocycles. The number of aliphatic hydroxyl groups excluding tert-OH is 1. The van der Waals surface area contributed by atoms with Gasteiger partial charge in [0.05, 0.1) is 16.5 Å². The summed E-state index contributed by atoms with van der Waals surface area (Å²) < 4.78 is 0.795. The van der Waals surface area contributed by atoms with Crippen molar-refractivity contribution in [2.75, 3.05) is 6.54 Å². The molecule has 28 heavy (non-hydrogen) atoms. The molecule has 1 aliphatic heterocycles. The van der Waals surface area contributed by atoms with Gasteiger partial charge in [0.1, 0.15) is 5.76 Å². The van der Waals surface area contributed by atoms with Crippen LogP contribution in [0.25, 0.3) is 5.76 Å². The molecule has 1 aliphatic rings. The van der Waals surface area contributed by atoms with Crippen LogP contribution in [-0.2, 0) is 9.59 Å². The van der Waals surface area contributed by atoms with Gasteiger partial charge in [-0.25, -0.2) is 0 Å². The molecule has 7 nitrogen and oxygen atoms in total. The van der Waals surface area contributed by atoms with E-state index < -0.39 is 22.7 Å². The SMILES string of the molecule is C=CCN1C(=O)C(=O)/C(=C(\O)c2ccc(Br)cc2)C1c1ccc([N+](=O)[O-])cc1. The number of amides is 1. The summed E-state index contributed by atoms with van der Waals surface area (Å²) in [6, 6.07) is 11.3. The van der Waals surface area contributed by atoms with E-state index in [1.54, 1.807) is 24.3 Å². The fourth-order valence-corrected chi connectivity index (χ4v) is 3.36. The molecule has 0 aliphatic carbocycles. The molecule has 1 unspecified atom stereocenters. The zero-order valence-corrected chi connectivity index (χ0v) is 16.1. The molecule has 1 heterocycles. The molecular weight excluding hydrogens is 428 g/mol. The van der Waals surface area contributed by atoms with Crippen LogP contribution in [0.3, 0.4) is 0 Å². The molecule has 142 valence electrons. The van der Waals surface area contributed by atoms with Crippen LogP contribution in [0.2, 0.25) is 0 Å². The van der Waals surface area contributed by atoms with E-state index in [1.807, 2.05) is 0 Å². The number of Topliss-reactive ketones (excluding diaryl/α,β-unsaturated/α-hetero) is 1. The number of hydrogen-bond donors (Lipinski definition) is 1. The Kier molecular flexibility index (Phi) is 5.41. The second-order valence-electron chi connectivity index (χ2n) is 6.10. The Morgan fingerprint density at radius 3 is 2.32 bits per heavy atom. The van der Waals surface area contributed by atoms with E-state index in [-0.39, 0.29) is 23.6 Å². The summed E-state index contributed by atoms with van der Waals surface area (Å²) >= 11 is 3.30. The van der Waals surface area contributed by atoms with E-state index in [2.05, 4.69) is 22.5 Å². The Labute approximate surface area is 168 Å². The summed E-state index contributed by atoms with van der Waals surface area (Å²) in [4.78, 5) is 36.8. The number of non-ortho nitro benzene ring substituents is 1. The van der Waals surface area contributed by atoms with Gasteiger partial charge in [-0.05, 0) is 29.8 Å². The highest BCUT2D eigenvalue weighted by atomic mass is 79.9. The Morgan fingerprint density at radius 2 is 1.79 bits per heavy atom. The molecule has 1 amide bonds. The van der Waals surface area contributed by atoms with E-state index in [0.29, 0.717) is 11.1 Å². The van der Waals surface area contributed by atoms with E-state index >= 15 is 0 Å². The third-order valence-electron chi connectivity index (χ3n) is 4.40. The minimum absolute atomic E-state index is 0.0666. The number of aliphatic hydroxyl groups is 1. The lowest BCUT2D eigenvalue weighted by molar-refractivity contribution is -0.384. The molecule has 0 bridgehead atoms. The van der Waals surface area contributed by atoms with Crippen LogP contribution in [0.1, 0.15) is 17.2 Å². The largest absolute Gasteiger partial charge is 0.507 e. The van der Waals surface area contributed by atoms with E-state index in [9.17, 15) is 24.8 Å². The Hall–Kier alpha value is -3.26. The summed E-state index contributed by atoms with van der Waals surface area (Å²) in [6.45, 7) is 3.70. The van der Waals surface area contributed by atoms with Crippen LogP contribution in [0.15, 0.2) is 71.2 Å². The number of nitro benzene ring substituents is 1. The van der Waals surface area contributed by atoms with Gasteiger partial charge in [-0.15, -0.1) is 6.58 Å². The molecule has 0 radical (unpaired) electrons. The van der Waals surface area contributed by atoms with Crippen molar-refractivity contribution in [2.24, 2.45) is 0 Å². The maximum Gasteiger partial charge on any atom is 0.295 e. The van der Waals surface area contributed by atoms with Crippen molar-refractivity contribution in [1.82, 2.24) is 4.90 Å². The lowest BCUT2D eigenvalue weighted by atomic mass is 9.95. The second kappa shape index (κ2) is 7.77. The minimum atomic E-state index is -0.873. The van der Waals surface area contributed by atoms with Gasteiger partial charge in [-0.1, -0.05) is 34.1 Å². The average Bonchev–Trinajstić information content (AvgIpc) is 2.93. The quantitative estimate of drug-likeness (QED) is 0.188. The Balaban J connectivity index is 2.17. The first-order valence-corrected chi connectivity index (χ1v) is 9.04. The van der Waals surface area contributed by atoms with Gasteiger partial charge in [0, 0.05) is 28.7 Å². The summed E-state index contributed by atoms with van der Waals surface area (Å²) in [5.74, 6) is -1.88. The summed E-state index contributed by atoms with van der Waals surface area (Å²) in [7, 11) is 0. The van der Waals surface area contributed by atoms with E-state index in [4.69, 9.17) is 0 Å². The fraction of sp³-hybridized carbons (Fsp3) is 0.100. The van der Waals surface area contributed by atoms with Crippen LogP contribution in [0, 0.1) is 10.1 Å². The van der Waals surface area contributed by atoms with Crippen LogP contribution in [0.5, 0.6) is 0 Å². The molecule has 3 rings (SSSR count). The standard InChI is InChI=1S/C20H15BrN2O5/c1-2-11-22-17(12-5-9-15(10-6-12)23(27)28)16(19(25)20(22)26)18(24)13-3-7-14(21)8-4-13/h2-10,17,24H,1,11H2/b18-16-. The van der Waals surface area contributed by atoms with Crippen molar-refractivity contribution in [3.8, 4) is 0 Å². The number of benzene rings is 2. The molecule has 2 aromatic rings. The Morgan fingerprint density at radius 1 is 1.18 bits per heavy atom. The van der Waals surface area contributed by atoms with E-state index in [0.717, 1.165) is 4.47 Å². The van der Waals surface area contributed by atoms with Crippen LogP contribution in [0.4, 0.5) is 5.69 Å². The highest BCUT2D eigenvalue weighted by Gasteiger charge is 2.45. The van der Waals surface area contributed by atoms with Crippen molar-refractivity contribution in [3.63, 3.8) is 0 Å². The molecule has 8 heteroatoms. The second-order valence-corrected chi connectivity index (χ2v) is 7.01. The van der Waals surface area contributed by atoms with Crippen molar-refractivity contribution < 1.29 is 19.6 Å². The smallest absolute Gasteiger partial charge is 0.295 e. The highest BCUT2D eigenvalue weighted by Crippen LogP contribution is 2.39. The average molecular weight is 443 g/mol. The number of rotatable bonds is 5. The van der Waals surface area contributed by atoms with Gasteiger partial charge in [-0.3, -0.25) is 19.7 Å². The van der Waals surface area contributed by atoms with Crippen LogP contribution in [-0.4, -0.2) is 33.2 Å². The molecule has 0 aromatic heterocycles. The van der Waals surface area contributed by atoms with Crippen molar-refractivity contribution in [1.29, 1.82) is 0 Å². The number of carbonyl (C=O) groups is 2. The van der Waals surface area contributed by atoms with Gasteiger partial charge < -0.3 is 10.0 Å². The van der Waals surface area contributed by atoms with Gasteiger partial charge >= 0.3 is 0 Å². The lowest BCUT2D eigenvalue weighted by Crippen LogP contribution is -2.29. The molecule has 0 spiro atoms. The van der Waals surface area contributed by atoms with Crippen molar-refractivity contribution in [3.05, 3.63) is 92.5 Å². The number of carbonyl (C=O) groups excluding carboxylic acids is 2. The predicted molar refractivity (Wildman–Crippen MR) is 106 cm³/mol. The number of hydrogen-bond acceptors (Lipinski definition) is 5. The summed E-state index contributed by atoms with van der Waals surface area (Å²) in [5, 5.41) is 21.7. The number of halogens is 1. The van der Waals surface area contributed by atoms with Crippen LogP contribution >= 0.6 is 15.9 Å². The maximum atomic E-state index is 12.7. The Bertz CT molecular complexity index is 996. The monoisotopic (exact) mass is 442 g/mol. The number of nitrogens with zero attached hydrogens (tertiary/aromatic N) is 2. The van der Waals surface area contributed by atoms with Gasteiger partial charge in [0.2, 0.25) is 0 Å². The molecule has 1 N–H and O–H groups in total. The summed E-state index contributed by atoms with van der Waals surface area (Å²) in [5.41, 5.74) is 0.678. The minimum Gasteiger partial charge on any atom is -0.507 e. The van der Waals surface area contributed by atoms with Crippen molar-refractivity contribution in [2.45, 2.75) is 6.04 Å². The fourth-order valence-electron chi connectivity index (χ4n) is 3.10. The van der Waals surface area contributed by atoms with Gasteiger partial charge in [0.25, 0.3) is 17.4 Å². The molecule has 0 saturated carbocycles. The number of ketones is 1. The normalized spacial score (nSPS) is 18.3. The predicted octanol–water partition coefficient (Wildman–Crippen LogP) is 3.97. The number of likely N-dealkylation sites (tertiary alicyclic amines) is 1. The topological polar surface area (TPSA) is 101 Å². The molecule has 1 fully saturated rings. The van der Waals surface area contributed by atoms with Crippen molar-refractivity contribution >= 4 is 39.1 Å². The first-order valence-electron chi connectivity index (χ1n) is 8.24. The summed E-state index contributed by atoms with van der Waals surface area (Å²) in [6.07, 6.45) is 1.48. The highest BCUT2D eigenvalue weighted by molar-refractivity contribution is 9.10. The molecular formula is C20H15BrN2O5. The molecule has 1 saturated heterocycles. The first-order chi connectivity index (χ1) is 13.3. The number of nitro groups is 1. The molecule has 1 atom stereocenters. The zero-order valence-electron chi connectivity index (χ0n) is 14.5. The van der Waals surface area contributed by atoms with Gasteiger partial charge in [-0.2, -0.15) is 0 Å². The lowest BCUT2D eigenvalue weighted by Gasteiger charge is -2.24.